The standard InChI is InChI=1S/C32H28N2O6/c35-30(36)29(18-21-14-16-23(17-15-21)33-31(37)39-19-22-8-2-1-3-9-22)34-32(38)40-20-28-26-12-6-4-10-24(26)25-11-5-7-13-27(25)28/h1-17,28-29H,18-20H2,(H,33,37)(H,34,38)(H,35,36)/t29-/m1/s1. The third kappa shape index (κ3) is 6.30. The van der Waals surface area contributed by atoms with Crippen molar-refractivity contribution in [2.24, 2.45) is 0 Å². The van der Waals surface area contributed by atoms with Gasteiger partial charge in [0.15, 0.2) is 0 Å². The molecule has 0 unspecified atom stereocenters. The first kappa shape index (κ1) is 26.5. The average Bonchev–Trinajstić information content (AvgIpc) is 3.30. The van der Waals surface area contributed by atoms with Gasteiger partial charge in [0.25, 0.3) is 0 Å². The first-order valence-corrected chi connectivity index (χ1v) is 12.9. The number of hydrogen-bond donors (Lipinski definition) is 3. The second-order valence-corrected chi connectivity index (χ2v) is 9.45. The maximum absolute atomic E-state index is 12.6. The van der Waals surface area contributed by atoms with Crippen LogP contribution in [0.1, 0.15) is 28.2 Å². The van der Waals surface area contributed by atoms with Crippen molar-refractivity contribution in [3.05, 3.63) is 125 Å². The highest BCUT2D eigenvalue weighted by atomic mass is 16.6. The van der Waals surface area contributed by atoms with E-state index in [1.165, 1.54) is 0 Å². The Hall–Kier alpha value is -5.11. The quantitative estimate of drug-likeness (QED) is 0.243. The SMILES string of the molecule is O=C(Nc1ccc(C[C@@H](NC(=O)OCC2c3ccccc3-c3ccccc32)C(=O)O)cc1)OCc1ccccc1. The summed E-state index contributed by atoms with van der Waals surface area (Å²) >= 11 is 0. The summed E-state index contributed by atoms with van der Waals surface area (Å²) in [4.78, 5) is 36.6. The number of fused-ring (bicyclic) bond motifs is 3. The van der Waals surface area contributed by atoms with Crippen LogP contribution in [0.4, 0.5) is 15.3 Å². The molecule has 0 heterocycles. The van der Waals surface area contributed by atoms with Crippen LogP contribution in [-0.2, 0) is 27.3 Å². The summed E-state index contributed by atoms with van der Waals surface area (Å²) < 4.78 is 10.7. The maximum Gasteiger partial charge on any atom is 0.411 e. The third-order valence-electron chi connectivity index (χ3n) is 6.79. The number of benzene rings is 4. The zero-order valence-corrected chi connectivity index (χ0v) is 21.6. The van der Waals surface area contributed by atoms with Gasteiger partial charge in [0, 0.05) is 18.0 Å². The van der Waals surface area contributed by atoms with Crippen molar-refractivity contribution in [2.45, 2.75) is 25.0 Å². The normalized spacial score (nSPS) is 12.5. The smallest absolute Gasteiger partial charge is 0.411 e. The molecule has 5 rings (SSSR count). The van der Waals surface area contributed by atoms with E-state index in [2.05, 4.69) is 10.6 Å². The number of aliphatic carboxylic acids is 1. The van der Waals surface area contributed by atoms with E-state index in [0.29, 0.717) is 11.3 Å². The molecule has 0 bridgehead atoms. The van der Waals surface area contributed by atoms with E-state index in [4.69, 9.17) is 9.47 Å². The monoisotopic (exact) mass is 536 g/mol. The second-order valence-electron chi connectivity index (χ2n) is 9.45. The van der Waals surface area contributed by atoms with E-state index in [9.17, 15) is 19.5 Å². The van der Waals surface area contributed by atoms with E-state index in [0.717, 1.165) is 27.8 Å². The molecule has 1 aliphatic rings. The van der Waals surface area contributed by atoms with E-state index >= 15 is 0 Å². The number of nitrogens with one attached hydrogen (secondary N) is 2. The molecule has 1 atom stereocenters. The first-order valence-electron chi connectivity index (χ1n) is 12.9. The van der Waals surface area contributed by atoms with Crippen LogP contribution < -0.4 is 10.6 Å². The molecule has 8 nitrogen and oxygen atoms in total. The lowest BCUT2D eigenvalue weighted by atomic mass is 9.98. The summed E-state index contributed by atoms with van der Waals surface area (Å²) in [6.07, 6.45) is -1.36. The number of alkyl carbamates (subject to hydrolysis) is 1. The van der Waals surface area contributed by atoms with Gasteiger partial charge in [-0.05, 0) is 45.5 Å². The van der Waals surface area contributed by atoms with E-state index in [1.54, 1.807) is 24.3 Å². The molecule has 202 valence electrons. The summed E-state index contributed by atoms with van der Waals surface area (Å²) in [6.45, 7) is 0.236. The lowest BCUT2D eigenvalue weighted by Crippen LogP contribution is -2.42. The molecule has 0 saturated carbocycles. The number of anilines is 1. The van der Waals surface area contributed by atoms with Crippen LogP contribution in [0.2, 0.25) is 0 Å². The number of carboxylic acid groups (broad SMARTS) is 1. The molecule has 0 aromatic heterocycles. The molecule has 2 amide bonds. The van der Waals surface area contributed by atoms with Crippen LogP contribution in [0.3, 0.4) is 0 Å². The van der Waals surface area contributed by atoms with Gasteiger partial charge in [0.05, 0.1) is 0 Å². The van der Waals surface area contributed by atoms with Crippen LogP contribution in [0.5, 0.6) is 0 Å². The Bertz CT molecular complexity index is 1460. The van der Waals surface area contributed by atoms with Crippen molar-refractivity contribution in [3.63, 3.8) is 0 Å². The van der Waals surface area contributed by atoms with Crippen LogP contribution >= 0.6 is 0 Å². The molecular formula is C32H28N2O6. The molecule has 0 spiro atoms. The number of carbonyl (C=O) groups is 3. The van der Waals surface area contributed by atoms with Crippen molar-refractivity contribution >= 4 is 23.8 Å². The lowest BCUT2D eigenvalue weighted by molar-refractivity contribution is -0.139. The fourth-order valence-electron chi connectivity index (χ4n) is 4.82. The summed E-state index contributed by atoms with van der Waals surface area (Å²) in [5, 5.41) is 14.8. The van der Waals surface area contributed by atoms with E-state index in [1.807, 2.05) is 78.9 Å². The Labute approximate surface area is 231 Å². The highest BCUT2D eigenvalue weighted by Crippen LogP contribution is 2.44. The Morgan fingerprint density at radius 3 is 1.93 bits per heavy atom. The minimum atomic E-state index is -1.19. The minimum absolute atomic E-state index is 0.0399. The van der Waals surface area contributed by atoms with E-state index in [-0.39, 0.29) is 25.6 Å². The Morgan fingerprint density at radius 2 is 1.30 bits per heavy atom. The van der Waals surface area contributed by atoms with Gasteiger partial charge < -0.3 is 19.9 Å². The predicted octanol–water partition coefficient (Wildman–Crippen LogP) is 5.97. The van der Waals surface area contributed by atoms with Crippen LogP contribution in [0, 0.1) is 0 Å². The van der Waals surface area contributed by atoms with Gasteiger partial charge in [0.2, 0.25) is 0 Å². The molecule has 8 heteroatoms. The van der Waals surface area contributed by atoms with Gasteiger partial charge in [-0.1, -0.05) is 91.0 Å². The van der Waals surface area contributed by atoms with Crippen molar-refractivity contribution in [1.29, 1.82) is 0 Å². The summed E-state index contributed by atoms with van der Waals surface area (Å²) in [7, 11) is 0. The predicted molar refractivity (Wildman–Crippen MR) is 150 cm³/mol. The summed E-state index contributed by atoms with van der Waals surface area (Å²) in [5.74, 6) is -1.30. The molecule has 0 aliphatic heterocycles. The molecule has 0 fully saturated rings. The summed E-state index contributed by atoms with van der Waals surface area (Å²) in [5.41, 5.74) is 6.40. The number of carbonyl (C=O) groups excluding carboxylic acids is 2. The zero-order chi connectivity index (χ0) is 27.9. The molecule has 3 N–H and O–H groups in total. The molecule has 0 saturated heterocycles. The molecule has 40 heavy (non-hydrogen) atoms. The number of rotatable bonds is 9. The molecular weight excluding hydrogens is 508 g/mol. The van der Waals surface area contributed by atoms with Crippen molar-refractivity contribution in [3.8, 4) is 11.1 Å². The summed E-state index contributed by atoms with van der Waals surface area (Å²) in [6, 6.07) is 30.8. The average molecular weight is 537 g/mol. The lowest BCUT2D eigenvalue weighted by Gasteiger charge is -2.17. The first-order chi connectivity index (χ1) is 19.5. The van der Waals surface area contributed by atoms with Crippen molar-refractivity contribution in [1.82, 2.24) is 5.32 Å². The zero-order valence-electron chi connectivity index (χ0n) is 21.6. The number of hydrogen-bond acceptors (Lipinski definition) is 5. The largest absolute Gasteiger partial charge is 0.480 e. The van der Waals surface area contributed by atoms with Gasteiger partial charge in [-0.2, -0.15) is 0 Å². The Kier molecular flexibility index (Phi) is 8.06. The van der Waals surface area contributed by atoms with Gasteiger partial charge in [-0.15, -0.1) is 0 Å². The highest BCUT2D eigenvalue weighted by molar-refractivity contribution is 5.85. The number of ether oxygens (including phenoxy) is 2. The third-order valence-corrected chi connectivity index (χ3v) is 6.79. The topological polar surface area (TPSA) is 114 Å². The molecule has 4 aromatic carbocycles. The van der Waals surface area contributed by atoms with Crippen LogP contribution in [-0.4, -0.2) is 35.9 Å². The van der Waals surface area contributed by atoms with Crippen molar-refractivity contribution < 1.29 is 29.0 Å². The van der Waals surface area contributed by atoms with Gasteiger partial charge in [-0.3, -0.25) is 5.32 Å². The van der Waals surface area contributed by atoms with Gasteiger partial charge >= 0.3 is 18.2 Å². The van der Waals surface area contributed by atoms with E-state index < -0.39 is 24.2 Å². The fourth-order valence-corrected chi connectivity index (χ4v) is 4.82. The van der Waals surface area contributed by atoms with Gasteiger partial charge in [0.1, 0.15) is 19.3 Å². The number of carboxylic acids is 1. The Morgan fingerprint density at radius 1 is 0.700 bits per heavy atom. The number of amides is 2. The fraction of sp³-hybridized carbons (Fsp3) is 0.156. The molecule has 1 aliphatic carbocycles. The van der Waals surface area contributed by atoms with Crippen LogP contribution in [0.25, 0.3) is 11.1 Å². The minimum Gasteiger partial charge on any atom is -0.480 e. The van der Waals surface area contributed by atoms with Crippen LogP contribution in [0.15, 0.2) is 103 Å². The highest BCUT2D eigenvalue weighted by Gasteiger charge is 2.29. The molecule has 4 aromatic rings. The second kappa shape index (κ2) is 12.2. The Balaban J connectivity index is 1.13. The maximum atomic E-state index is 12.6. The van der Waals surface area contributed by atoms with Crippen molar-refractivity contribution in [2.75, 3.05) is 11.9 Å². The van der Waals surface area contributed by atoms with Gasteiger partial charge in [-0.25, -0.2) is 14.4 Å². The molecule has 0 radical (unpaired) electrons.